The van der Waals surface area contributed by atoms with Crippen molar-refractivity contribution < 1.29 is 9.53 Å². The van der Waals surface area contributed by atoms with Crippen molar-refractivity contribution in [2.45, 2.75) is 77.5 Å². The highest BCUT2D eigenvalue weighted by atomic mass is 35.5. The predicted molar refractivity (Wildman–Crippen MR) is 92.5 cm³/mol. The van der Waals surface area contributed by atoms with Gasteiger partial charge in [0.1, 0.15) is 5.60 Å². The van der Waals surface area contributed by atoms with Crippen LogP contribution < -0.4 is 5.32 Å². The summed E-state index contributed by atoms with van der Waals surface area (Å²) in [5.74, 6) is 0.751. The van der Waals surface area contributed by atoms with Crippen LogP contribution in [0.4, 0.5) is 0 Å². The van der Waals surface area contributed by atoms with Crippen molar-refractivity contribution in [1.29, 1.82) is 0 Å². The van der Waals surface area contributed by atoms with Gasteiger partial charge < -0.3 is 15.0 Å². The highest BCUT2D eigenvalue weighted by Gasteiger charge is 2.31. The average molecular weight is 333 g/mol. The topological polar surface area (TPSA) is 41.6 Å². The summed E-state index contributed by atoms with van der Waals surface area (Å²) in [6.45, 7) is 10.9. The van der Waals surface area contributed by atoms with Gasteiger partial charge in [0, 0.05) is 12.1 Å². The zero-order chi connectivity index (χ0) is 15.5. The molecule has 2 aliphatic rings. The van der Waals surface area contributed by atoms with Gasteiger partial charge in [-0.2, -0.15) is 0 Å². The molecule has 0 bridgehead atoms. The first-order valence-electron chi connectivity index (χ1n) is 8.53. The summed E-state index contributed by atoms with van der Waals surface area (Å²) in [6.07, 6.45) is 6.30. The van der Waals surface area contributed by atoms with Crippen LogP contribution in [-0.2, 0) is 9.53 Å². The lowest BCUT2D eigenvalue weighted by Gasteiger charge is -2.35. The van der Waals surface area contributed by atoms with Crippen LogP contribution in [0, 0.1) is 5.92 Å². The van der Waals surface area contributed by atoms with Gasteiger partial charge in [-0.15, -0.1) is 12.4 Å². The Balaban J connectivity index is 0.00000242. The van der Waals surface area contributed by atoms with E-state index < -0.39 is 0 Å². The number of nitrogens with one attached hydrogen (secondary N) is 1. The molecule has 1 aliphatic heterocycles. The summed E-state index contributed by atoms with van der Waals surface area (Å²) in [4.78, 5) is 14.4. The molecule has 1 heterocycles. The van der Waals surface area contributed by atoms with Crippen LogP contribution in [0.15, 0.2) is 0 Å². The number of carbonyl (C=O) groups is 1. The van der Waals surface area contributed by atoms with Gasteiger partial charge >= 0.3 is 5.97 Å². The molecule has 22 heavy (non-hydrogen) atoms. The quantitative estimate of drug-likeness (QED) is 0.804. The molecule has 0 spiro atoms. The molecule has 0 radical (unpaired) electrons. The molecule has 130 valence electrons. The van der Waals surface area contributed by atoms with Crippen LogP contribution in [-0.4, -0.2) is 48.2 Å². The molecule has 0 aromatic rings. The number of carbonyl (C=O) groups excluding carboxylic acids is 1. The van der Waals surface area contributed by atoms with Crippen LogP contribution in [0.1, 0.15) is 59.8 Å². The van der Waals surface area contributed by atoms with Crippen LogP contribution in [0.2, 0.25) is 0 Å². The van der Waals surface area contributed by atoms with E-state index in [2.05, 4.69) is 17.1 Å². The fourth-order valence-electron chi connectivity index (χ4n) is 3.47. The zero-order valence-electron chi connectivity index (χ0n) is 14.6. The molecule has 0 amide bonds. The van der Waals surface area contributed by atoms with E-state index in [1.165, 1.54) is 45.2 Å². The van der Waals surface area contributed by atoms with Crippen LogP contribution >= 0.6 is 12.4 Å². The smallest absolute Gasteiger partial charge is 0.320 e. The number of piperidine rings is 1. The number of esters is 1. The summed E-state index contributed by atoms with van der Waals surface area (Å²) in [6, 6.07) is 1.19. The average Bonchev–Trinajstić information content (AvgIpc) is 2.84. The lowest BCUT2D eigenvalue weighted by molar-refractivity contribution is -0.153. The summed E-state index contributed by atoms with van der Waals surface area (Å²) in [5.41, 5.74) is -0.387. The molecule has 4 nitrogen and oxygen atoms in total. The molecule has 1 N–H and O–H groups in total. The third kappa shape index (κ3) is 6.43. The Morgan fingerprint density at radius 1 is 1.18 bits per heavy atom. The fraction of sp³-hybridized carbons (Fsp3) is 0.941. The Labute approximate surface area is 141 Å². The highest BCUT2D eigenvalue weighted by Crippen LogP contribution is 2.28. The lowest BCUT2D eigenvalue weighted by Crippen LogP contribution is -2.41. The second kappa shape index (κ2) is 8.51. The number of nitrogens with zero attached hydrogens (tertiary/aromatic N) is 1. The number of hydrogen-bond donors (Lipinski definition) is 1. The minimum atomic E-state index is -0.387. The van der Waals surface area contributed by atoms with Gasteiger partial charge in [0.25, 0.3) is 0 Å². The van der Waals surface area contributed by atoms with Gasteiger partial charge in [-0.3, -0.25) is 4.79 Å². The fourth-order valence-corrected chi connectivity index (χ4v) is 3.47. The van der Waals surface area contributed by atoms with Gasteiger partial charge in [0.15, 0.2) is 0 Å². The molecule has 0 unspecified atom stereocenters. The second-order valence-electron chi connectivity index (χ2n) is 7.85. The Bertz CT molecular complexity index is 349. The maximum absolute atomic E-state index is 11.7. The monoisotopic (exact) mass is 332 g/mol. The summed E-state index contributed by atoms with van der Waals surface area (Å²) in [5, 5.41) is 3.38. The van der Waals surface area contributed by atoms with Crippen molar-refractivity contribution in [3.05, 3.63) is 0 Å². The van der Waals surface area contributed by atoms with E-state index in [9.17, 15) is 4.79 Å². The molecule has 0 aromatic heterocycles. The van der Waals surface area contributed by atoms with Crippen molar-refractivity contribution in [3.63, 3.8) is 0 Å². The molecule has 0 aromatic carbocycles. The van der Waals surface area contributed by atoms with E-state index in [1.54, 1.807) is 0 Å². The number of rotatable bonds is 4. The number of hydrogen-bond acceptors (Lipinski definition) is 4. The van der Waals surface area contributed by atoms with E-state index in [0.717, 1.165) is 5.92 Å². The Kier molecular flexibility index (Phi) is 7.63. The largest absolute Gasteiger partial charge is 0.459 e. The summed E-state index contributed by atoms with van der Waals surface area (Å²) in [7, 11) is 0. The maximum atomic E-state index is 11.7. The van der Waals surface area contributed by atoms with E-state index in [-0.39, 0.29) is 24.0 Å². The normalized spacial score (nSPS) is 27.5. The van der Waals surface area contributed by atoms with Crippen molar-refractivity contribution in [3.8, 4) is 0 Å². The number of likely N-dealkylation sites (tertiary alicyclic amines) is 1. The highest BCUT2D eigenvalue weighted by molar-refractivity contribution is 5.85. The van der Waals surface area contributed by atoms with Crippen molar-refractivity contribution in [2.24, 2.45) is 5.92 Å². The second-order valence-corrected chi connectivity index (χ2v) is 7.85. The minimum absolute atomic E-state index is 0. The van der Waals surface area contributed by atoms with Gasteiger partial charge in [-0.1, -0.05) is 6.92 Å². The predicted octanol–water partition coefficient (Wildman–Crippen LogP) is 2.99. The zero-order valence-corrected chi connectivity index (χ0v) is 15.4. The molecule has 2 atom stereocenters. The van der Waals surface area contributed by atoms with Crippen LogP contribution in [0.5, 0.6) is 0 Å². The Morgan fingerprint density at radius 2 is 1.82 bits per heavy atom. The van der Waals surface area contributed by atoms with Gasteiger partial charge in [0.05, 0.1) is 6.54 Å². The van der Waals surface area contributed by atoms with Crippen LogP contribution in [0.25, 0.3) is 0 Å². The molecule has 1 saturated heterocycles. The molecule has 2 fully saturated rings. The van der Waals surface area contributed by atoms with E-state index in [4.69, 9.17) is 4.74 Å². The molecular formula is C17H33ClN2O2. The SMILES string of the molecule is CC1CCN([C@@H]2CC[C@H](NCC(=O)OC(C)(C)C)C2)CC1.Cl. The van der Waals surface area contributed by atoms with Crippen molar-refractivity contribution in [2.75, 3.05) is 19.6 Å². The van der Waals surface area contributed by atoms with Crippen LogP contribution in [0.3, 0.4) is 0 Å². The molecule has 1 saturated carbocycles. The van der Waals surface area contributed by atoms with Gasteiger partial charge in [-0.25, -0.2) is 0 Å². The van der Waals surface area contributed by atoms with E-state index in [1.807, 2.05) is 20.8 Å². The summed E-state index contributed by atoms with van der Waals surface area (Å²) >= 11 is 0. The number of halogens is 1. The van der Waals surface area contributed by atoms with Gasteiger partial charge in [-0.05, 0) is 71.9 Å². The number of ether oxygens (including phenoxy) is 1. The molecule has 5 heteroatoms. The molecular weight excluding hydrogens is 300 g/mol. The Hall–Kier alpha value is -0.320. The molecule has 1 aliphatic carbocycles. The van der Waals surface area contributed by atoms with Gasteiger partial charge in [0.2, 0.25) is 0 Å². The summed E-state index contributed by atoms with van der Waals surface area (Å²) < 4.78 is 5.34. The van der Waals surface area contributed by atoms with E-state index in [0.29, 0.717) is 18.6 Å². The first-order chi connectivity index (χ1) is 9.83. The first-order valence-corrected chi connectivity index (χ1v) is 8.53. The molecule has 2 rings (SSSR count). The lowest BCUT2D eigenvalue weighted by atomic mass is 9.97. The third-order valence-corrected chi connectivity index (χ3v) is 4.69. The van der Waals surface area contributed by atoms with E-state index >= 15 is 0 Å². The Morgan fingerprint density at radius 3 is 2.41 bits per heavy atom. The first kappa shape index (κ1) is 19.7. The minimum Gasteiger partial charge on any atom is -0.459 e. The van der Waals surface area contributed by atoms with Crippen molar-refractivity contribution >= 4 is 18.4 Å². The maximum Gasteiger partial charge on any atom is 0.320 e. The standard InChI is InChI=1S/C17H32N2O2.ClH/c1-13-7-9-19(10-8-13)15-6-5-14(11-15)18-12-16(20)21-17(2,3)4;/h13-15,18H,5-12H2,1-4H3;1H/t14-,15+;/m0./s1. The third-order valence-electron chi connectivity index (χ3n) is 4.69. The van der Waals surface area contributed by atoms with Crippen molar-refractivity contribution in [1.82, 2.24) is 10.2 Å².